The molecule has 2 heterocycles. The average Bonchev–Trinajstić information content (AvgIpc) is 3.12. The summed E-state index contributed by atoms with van der Waals surface area (Å²) in [6, 6.07) is 9.11. The molecule has 0 radical (unpaired) electrons. The number of ether oxygens (including phenoxy) is 1. The van der Waals surface area contributed by atoms with Gasteiger partial charge in [-0.3, -0.25) is 9.78 Å². The zero-order valence-electron chi connectivity index (χ0n) is 14.7. The summed E-state index contributed by atoms with van der Waals surface area (Å²) in [6.45, 7) is 0. The van der Waals surface area contributed by atoms with E-state index in [0.717, 1.165) is 29.1 Å². The molecule has 1 aliphatic carbocycles. The molecule has 7 heteroatoms. The number of amides is 1. The maximum atomic E-state index is 12.8. The summed E-state index contributed by atoms with van der Waals surface area (Å²) < 4.78 is 5.31. The molecule has 1 amide bonds. The van der Waals surface area contributed by atoms with Crippen molar-refractivity contribution in [1.82, 2.24) is 9.97 Å². The number of carbonyl (C=O) groups excluding carboxylic acids is 1. The van der Waals surface area contributed by atoms with Crippen molar-refractivity contribution in [2.75, 3.05) is 12.4 Å². The van der Waals surface area contributed by atoms with Crippen molar-refractivity contribution in [3.63, 3.8) is 0 Å². The highest BCUT2D eigenvalue weighted by molar-refractivity contribution is 7.15. The van der Waals surface area contributed by atoms with Gasteiger partial charge in [0.1, 0.15) is 10.8 Å². The van der Waals surface area contributed by atoms with Gasteiger partial charge in [0, 0.05) is 33.8 Å². The third-order valence-electron chi connectivity index (χ3n) is 4.64. The van der Waals surface area contributed by atoms with Gasteiger partial charge < -0.3 is 10.1 Å². The highest BCUT2D eigenvalue weighted by Gasteiger charge is 2.28. The predicted octanol–water partition coefficient (Wildman–Crippen LogP) is 4.61. The van der Waals surface area contributed by atoms with Crippen LogP contribution in [0.2, 0.25) is 5.02 Å². The maximum Gasteiger partial charge on any atom is 0.227 e. The molecular formula is C20H18ClN3O2S. The quantitative estimate of drug-likeness (QED) is 0.695. The van der Waals surface area contributed by atoms with E-state index in [1.165, 1.54) is 4.88 Å². The van der Waals surface area contributed by atoms with Crippen LogP contribution < -0.4 is 10.1 Å². The number of halogens is 1. The smallest absolute Gasteiger partial charge is 0.227 e. The van der Waals surface area contributed by atoms with Crippen molar-refractivity contribution in [3.05, 3.63) is 58.3 Å². The first-order valence-corrected chi connectivity index (χ1v) is 9.87. The van der Waals surface area contributed by atoms with Crippen molar-refractivity contribution in [3.8, 4) is 16.3 Å². The Morgan fingerprint density at radius 1 is 1.37 bits per heavy atom. The number of aromatic nitrogens is 2. The first-order chi connectivity index (χ1) is 13.1. The van der Waals surface area contributed by atoms with E-state index in [1.54, 1.807) is 42.8 Å². The molecule has 1 atom stereocenters. The monoisotopic (exact) mass is 399 g/mol. The number of aryl methyl sites for hydroxylation is 1. The van der Waals surface area contributed by atoms with E-state index in [4.69, 9.17) is 21.3 Å². The Labute approximate surface area is 166 Å². The summed E-state index contributed by atoms with van der Waals surface area (Å²) in [4.78, 5) is 22.9. The normalized spacial score (nSPS) is 15.9. The fourth-order valence-corrected chi connectivity index (χ4v) is 4.57. The standard InChI is InChI=1S/C20H18ClN3O2S/c1-26-17-7-5-14(21)10-16(17)23-19(25)12-4-6-15-18(9-12)27-20(24-15)13-3-2-8-22-11-13/h2-3,5,7-8,10-12H,4,6,9H2,1H3,(H,23,25). The minimum atomic E-state index is -0.0941. The zero-order chi connectivity index (χ0) is 18.8. The Kier molecular flexibility index (Phi) is 5.09. The molecule has 0 bridgehead atoms. The van der Waals surface area contributed by atoms with Crippen LogP contribution >= 0.6 is 22.9 Å². The number of benzene rings is 1. The second-order valence-electron chi connectivity index (χ2n) is 6.40. The molecular weight excluding hydrogens is 382 g/mol. The summed E-state index contributed by atoms with van der Waals surface area (Å²) in [7, 11) is 1.57. The number of thiazole rings is 1. The van der Waals surface area contributed by atoms with Gasteiger partial charge in [0.05, 0.1) is 18.5 Å². The second-order valence-corrected chi connectivity index (χ2v) is 7.92. The molecule has 0 saturated carbocycles. The minimum Gasteiger partial charge on any atom is -0.495 e. The lowest BCUT2D eigenvalue weighted by Gasteiger charge is -2.21. The summed E-state index contributed by atoms with van der Waals surface area (Å²) in [5.74, 6) is 0.488. The average molecular weight is 400 g/mol. The Hall–Kier alpha value is -2.44. The van der Waals surface area contributed by atoms with Gasteiger partial charge in [-0.2, -0.15) is 0 Å². The SMILES string of the molecule is COc1ccc(Cl)cc1NC(=O)C1CCc2nc(-c3cccnc3)sc2C1. The van der Waals surface area contributed by atoms with Crippen LogP contribution in [0.3, 0.4) is 0 Å². The van der Waals surface area contributed by atoms with Crippen LogP contribution in [0.5, 0.6) is 5.75 Å². The molecule has 5 nitrogen and oxygen atoms in total. The second kappa shape index (κ2) is 7.66. The van der Waals surface area contributed by atoms with Gasteiger partial charge >= 0.3 is 0 Å². The summed E-state index contributed by atoms with van der Waals surface area (Å²) >= 11 is 7.70. The highest BCUT2D eigenvalue weighted by atomic mass is 35.5. The van der Waals surface area contributed by atoms with E-state index >= 15 is 0 Å². The summed E-state index contributed by atoms with van der Waals surface area (Å²) in [5.41, 5.74) is 2.71. The molecule has 27 heavy (non-hydrogen) atoms. The van der Waals surface area contributed by atoms with Gasteiger partial charge in [0.15, 0.2) is 0 Å². The number of rotatable bonds is 4. The van der Waals surface area contributed by atoms with E-state index in [0.29, 0.717) is 22.9 Å². The lowest BCUT2D eigenvalue weighted by atomic mass is 9.90. The number of pyridine rings is 1. The van der Waals surface area contributed by atoms with E-state index < -0.39 is 0 Å². The molecule has 1 N–H and O–H groups in total. The van der Waals surface area contributed by atoms with Gasteiger partial charge in [-0.1, -0.05) is 11.6 Å². The van der Waals surface area contributed by atoms with Gasteiger partial charge in [0.25, 0.3) is 0 Å². The van der Waals surface area contributed by atoms with E-state index in [2.05, 4.69) is 10.3 Å². The summed E-state index contributed by atoms with van der Waals surface area (Å²) in [6.07, 6.45) is 5.85. The molecule has 0 aliphatic heterocycles. The van der Waals surface area contributed by atoms with Gasteiger partial charge in [-0.15, -0.1) is 11.3 Å². The molecule has 138 valence electrons. The Balaban J connectivity index is 1.50. The Morgan fingerprint density at radius 2 is 2.26 bits per heavy atom. The summed E-state index contributed by atoms with van der Waals surface area (Å²) in [5, 5.41) is 4.49. The molecule has 1 aliphatic rings. The van der Waals surface area contributed by atoms with Crippen molar-refractivity contribution in [1.29, 1.82) is 0 Å². The zero-order valence-corrected chi connectivity index (χ0v) is 16.3. The van der Waals surface area contributed by atoms with E-state index in [-0.39, 0.29) is 11.8 Å². The molecule has 0 spiro atoms. The Bertz CT molecular complexity index is 975. The third-order valence-corrected chi connectivity index (χ3v) is 6.04. The van der Waals surface area contributed by atoms with Gasteiger partial charge in [0.2, 0.25) is 5.91 Å². The van der Waals surface area contributed by atoms with Crippen molar-refractivity contribution < 1.29 is 9.53 Å². The van der Waals surface area contributed by atoms with E-state index in [1.807, 2.05) is 18.3 Å². The number of fused-ring (bicyclic) bond motifs is 1. The number of hydrogen-bond acceptors (Lipinski definition) is 5. The molecule has 1 aromatic carbocycles. The van der Waals surface area contributed by atoms with Gasteiger partial charge in [-0.25, -0.2) is 4.98 Å². The fourth-order valence-electron chi connectivity index (χ4n) is 3.22. The molecule has 3 aromatic rings. The van der Waals surface area contributed by atoms with Crippen molar-refractivity contribution in [2.24, 2.45) is 5.92 Å². The van der Waals surface area contributed by atoms with Crippen molar-refractivity contribution >= 4 is 34.5 Å². The topological polar surface area (TPSA) is 64.1 Å². The number of methoxy groups -OCH3 is 1. The van der Waals surface area contributed by atoms with E-state index in [9.17, 15) is 4.79 Å². The molecule has 0 fully saturated rings. The highest BCUT2D eigenvalue weighted by Crippen LogP contribution is 2.35. The van der Waals surface area contributed by atoms with Crippen LogP contribution in [-0.4, -0.2) is 23.0 Å². The fraction of sp³-hybridized carbons (Fsp3) is 0.250. The lowest BCUT2D eigenvalue weighted by Crippen LogP contribution is -2.27. The Morgan fingerprint density at radius 3 is 3.04 bits per heavy atom. The number of hydrogen-bond donors (Lipinski definition) is 1. The molecule has 1 unspecified atom stereocenters. The minimum absolute atomic E-state index is 0.0162. The van der Waals surface area contributed by atoms with Crippen LogP contribution in [-0.2, 0) is 17.6 Å². The number of anilines is 1. The van der Waals surface area contributed by atoms with Crippen LogP contribution in [0.4, 0.5) is 5.69 Å². The number of nitrogens with zero attached hydrogens (tertiary/aromatic N) is 2. The van der Waals surface area contributed by atoms with Crippen LogP contribution in [0.15, 0.2) is 42.7 Å². The first-order valence-electron chi connectivity index (χ1n) is 8.67. The number of nitrogens with one attached hydrogen (secondary N) is 1. The number of carbonyl (C=O) groups is 1. The van der Waals surface area contributed by atoms with Crippen LogP contribution in [0.25, 0.3) is 10.6 Å². The molecule has 4 rings (SSSR count). The molecule has 0 saturated heterocycles. The van der Waals surface area contributed by atoms with Crippen LogP contribution in [0.1, 0.15) is 17.0 Å². The van der Waals surface area contributed by atoms with Crippen molar-refractivity contribution in [2.45, 2.75) is 19.3 Å². The van der Waals surface area contributed by atoms with Crippen LogP contribution in [0, 0.1) is 5.92 Å². The molecule has 2 aromatic heterocycles. The van der Waals surface area contributed by atoms with Gasteiger partial charge in [-0.05, 0) is 49.6 Å². The first kappa shape index (κ1) is 17.9. The largest absolute Gasteiger partial charge is 0.495 e. The maximum absolute atomic E-state index is 12.8. The third kappa shape index (κ3) is 3.82. The lowest BCUT2D eigenvalue weighted by molar-refractivity contribution is -0.120. The predicted molar refractivity (Wildman–Crippen MR) is 107 cm³/mol.